The predicted molar refractivity (Wildman–Crippen MR) is 107 cm³/mol. The lowest BCUT2D eigenvalue weighted by molar-refractivity contribution is 0.0847. The SMILES string of the molecule is COc1ccc(C(=O)N2Cc3nc(C)cc(-c4cccnc4)c3C2=S)cc1. The van der Waals surface area contributed by atoms with E-state index in [0.29, 0.717) is 22.8 Å². The number of carbonyl (C=O) groups excluding carboxylic acids is 1. The molecule has 0 unspecified atom stereocenters. The van der Waals surface area contributed by atoms with Crippen molar-refractivity contribution in [3.8, 4) is 16.9 Å². The Bertz CT molecular complexity index is 1030. The van der Waals surface area contributed by atoms with E-state index in [-0.39, 0.29) is 5.91 Å². The zero-order valence-corrected chi connectivity index (χ0v) is 15.8. The minimum atomic E-state index is -0.143. The van der Waals surface area contributed by atoms with E-state index < -0.39 is 0 Å². The van der Waals surface area contributed by atoms with E-state index in [4.69, 9.17) is 17.0 Å². The van der Waals surface area contributed by atoms with Crippen LogP contribution in [-0.4, -0.2) is 32.9 Å². The van der Waals surface area contributed by atoms with Crippen molar-refractivity contribution in [1.29, 1.82) is 0 Å². The van der Waals surface area contributed by atoms with Gasteiger partial charge < -0.3 is 4.74 Å². The Morgan fingerprint density at radius 1 is 1.22 bits per heavy atom. The Morgan fingerprint density at radius 3 is 2.67 bits per heavy atom. The lowest BCUT2D eigenvalue weighted by Crippen LogP contribution is -2.30. The van der Waals surface area contributed by atoms with Gasteiger partial charge in [-0.05, 0) is 48.9 Å². The molecule has 27 heavy (non-hydrogen) atoms. The highest BCUT2D eigenvalue weighted by molar-refractivity contribution is 7.80. The Labute approximate surface area is 162 Å². The molecule has 1 aliphatic heterocycles. The first-order valence-corrected chi connectivity index (χ1v) is 8.90. The molecule has 0 radical (unpaired) electrons. The summed E-state index contributed by atoms with van der Waals surface area (Å²) in [5.41, 5.74) is 5.02. The first-order valence-electron chi connectivity index (χ1n) is 8.49. The van der Waals surface area contributed by atoms with Gasteiger partial charge in [0.05, 0.1) is 19.3 Å². The molecule has 2 aromatic heterocycles. The average molecular weight is 375 g/mol. The van der Waals surface area contributed by atoms with Crippen LogP contribution in [0.5, 0.6) is 5.75 Å². The summed E-state index contributed by atoms with van der Waals surface area (Å²) >= 11 is 5.67. The fourth-order valence-electron chi connectivity index (χ4n) is 3.25. The maximum atomic E-state index is 13.0. The van der Waals surface area contributed by atoms with Gasteiger partial charge >= 0.3 is 0 Å². The van der Waals surface area contributed by atoms with Crippen molar-refractivity contribution in [2.45, 2.75) is 13.5 Å². The summed E-state index contributed by atoms with van der Waals surface area (Å²) in [6, 6.07) is 12.9. The molecule has 0 saturated heterocycles. The number of benzene rings is 1. The zero-order chi connectivity index (χ0) is 19.0. The van der Waals surface area contributed by atoms with Crippen molar-refractivity contribution in [3.05, 3.63) is 77.4 Å². The van der Waals surface area contributed by atoms with Gasteiger partial charge in [0, 0.05) is 34.8 Å². The molecule has 0 N–H and O–H groups in total. The van der Waals surface area contributed by atoms with E-state index in [1.807, 2.05) is 25.1 Å². The number of rotatable bonds is 3. The number of hydrogen-bond acceptors (Lipinski definition) is 5. The summed E-state index contributed by atoms with van der Waals surface area (Å²) in [5.74, 6) is 0.561. The van der Waals surface area contributed by atoms with Gasteiger partial charge in [0.1, 0.15) is 10.7 Å². The Kier molecular flexibility index (Phi) is 4.41. The largest absolute Gasteiger partial charge is 0.497 e. The normalized spacial score (nSPS) is 12.8. The van der Waals surface area contributed by atoms with Crippen LogP contribution in [0.15, 0.2) is 54.9 Å². The van der Waals surface area contributed by atoms with Gasteiger partial charge in [-0.25, -0.2) is 0 Å². The fraction of sp³-hybridized carbons (Fsp3) is 0.143. The monoisotopic (exact) mass is 375 g/mol. The number of nitrogens with zero attached hydrogens (tertiary/aromatic N) is 3. The van der Waals surface area contributed by atoms with E-state index in [1.165, 1.54) is 0 Å². The van der Waals surface area contributed by atoms with Crippen LogP contribution in [0.3, 0.4) is 0 Å². The first kappa shape index (κ1) is 17.3. The van der Waals surface area contributed by atoms with Crippen LogP contribution in [0.1, 0.15) is 27.3 Å². The molecule has 5 nitrogen and oxygen atoms in total. The molecule has 0 bridgehead atoms. The van der Waals surface area contributed by atoms with Crippen molar-refractivity contribution in [2.75, 3.05) is 7.11 Å². The summed E-state index contributed by atoms with van der Waals surface area (Å²) in [6.07, 6.45) is 3.53. The Balaban J connectivity index is 1.73. The number of amides is 1. The maximum Gasteiger partial charge on any atom is 0.259 e. The van der Waals surface area contributed by atoms with E-state index in [2.05, 4.69) is 9.97 Å². The van der Waals surface area contributed by atoms with E-state index in [9.17, 15) is 4.79 Å². The highest BCUT2D eigenvalue weighted by atomic mass is 32.1. The average Bonchev–Trinajstić information content (AvgIpc) is 3.03. The standard InChI is InChI=1S/C21H17N3O2S/c1-13-10-17(15-4-3-9-22-11-15)19-18(23-13)12-24(21(19)27)20(25)14-5-7-16(26-2)8-6-14/h3-11H,12H2,1-2H3. The summed E-state index contributed by atoms with van der Waals surface area (Å²) in [7, 11) is 1.59. The highest BCUT2D eigenvalue weighted by Crippen LogP contribution is 2.33. The van der Waals surface area contributed by atoms with Gasteiger partial charge in [0.15, 0.2) is 0 Å². The number of fused-ring (bicyclic) bond motifs is 1. The summed E-state index contributed by atoms with van der Waals surface area (Å²) < 4.78 is 5.16. The Morgan fingerprint density at radius 2 is 2.00 bits per heavy atom. The molecule has 1 aromatic carbocycles. The van der Waals surface area contributed by atoms with Gasteiger partial charge in [-0.2, -0.15) is 0 Å². The molecule has 1 amide bonds. The van der Waals surface area contributed by atoms with E-state index in [0.717, 1.165) is 28.1 Å². The molecule has 3 heterocycles. The second-order valence-electron chi connectivity index (χ2n) is 6.30. The number of aromatic nitrogens is 2. The number of aryl methyl sites for hydroxylation is 1. The number of thiocarbonyl (C=S) groups is 1. The van der Waals surface area contributed by atoms with Gasteiger partial charge in [-0.3, -0.25) is 19.7 Å². The van der Waals surface area contributed by atoms with Crippen LogP contribution >= 0.6 is 12.2 Å². The van der Waals surface area contributed by atoms with Crippen LogP contribution in [-0.2, 0) is 6.54 Å². The topological polar surface area (TPSA) is 55.3 Å². The Hall–Kier alpha value is -3.12. The molecule has 0 fully saturated rings. The number of pyridine rings is 2. The van der Waals surface area contributed by atoms with Gasteiger partial charge in [0.2, 0.25) is 0 Å². The lowest BCUT2D eigenvalue weighted by atomic mass is 10.0. The summed E-state index contributed by atoms with van der Waals surface area (Å²) in [6.45, 7) is 2.31. The zero-order valence-electron chi connectivity index (χ0n) is 15.0. The summed E-state index contributed by atoms with van der Waals surface area (Å²) in [4.78, 5) is 23.9. The molecule has 4 rings (SSSR count). The third-order valence-electron chi connectivity index (χ3n) is 4.54. The second kappa shape index (κ2) is 6.89. The number of hydrogen-bond donors (Lipinski definition) is 0. The summed E-state index contributed by atoms with van der Waals surface area (Å²) in [5, 5.41) is 0. The lowest BCUT2D eigenvalue weighted by Gasteiger charge is -2.16. The van der Waals surface area contributed by atoms with Crippen molar-refractivity contribution < 1.29 is 9.53 Å². The van der Waals surface area contributed by atoms with Gasteiger partial charge in [-0.15, -0.1) is 0 Å². The molecular weight excluding hydrogens is 358 g/mol. The van der Waals surface area contributed by atoms with Crippen LogP contribution < -0.4 is 4.74 Å². The highest BCUT2D eigenvalue weighted by Gasteiger charge is 2.33. The number of methoxy groups -OCH3 is 1. The van der Waals surface area contributed by atoms with Crippen molar-refractivity contribution in [1.82, 2.24) is 14.9 Å². The minimum absolute atomic E-state index is 0.143. The minimum Gasteiger partial charge on any atom is -0.497 e. The van der Waals surface area contributed by atoms with Crippen LogP contribution in [0.25, 0.3) is 11.1 Å². The molecule has 0 atom stereocenters. The van der Waals surface area contributed by atoms with E-state index in [1.54, 1.807) is 48.7 Å². The van der Waals surface area contributed by atoms with E-state index >= 15 is 0 Å². The molecular formula is C21H17N3O2S. The third-order valence-corrected chi connectivity index (χ3v) is 4.97. The number of carbonyl (C=O) groups is 1. The predicted octanol–water partition coefficient (Wildman–Crippen LogP) is 3.79. The third kappa shape index (κ3) is 3.08. The quantitative estimate of drug-likeness (QED) is 0.652. The first-order chi connectivity index (χ1) is 13.1. The van der Waals surface area contributed by atoms with Gasteiger partial charge in [0.25, 0.3) is 5.91 Å². The maximum absolute atomic E-state index is 13.0. The van der Waals surface area contributed by atoms with Crippen LogP contribution in [0.4, 0.5) is 0 Å². The molecule has 134 valence electrons. The molecule has 0 saturated carbocycles. The van der Waals surface area contributed by atoms with Crippen LogP contribution in [0, 0.1) is 6.92 Å². The van der Waals surface area contributed by atoms with Crippen molar-refractivity contribution >= 4 is 23.1 Å². The second-order valence-corrected chi connectivity index (χ2v) is 6.69. The molecule has 6 heteroatoms. The number of ether oxygens (including phenoxy) is 1. The smallest absolute Gasteiger partial charge is 0.259 e. The fourth-order valence-corrected chi connectivity index (χ4v) is 3.63. The molecule has 0 aliphatic carbocycles. The van der Waals surface area contributed by atoms with Crippen molar-refractivity contribution in [3.63, 3.8) is 0 Å². The molecule has 1 aliphatic rings. The van der Waals surface area contributed by atoms with Crippen LogP contribution in [0.2, 0.25) is 0 Å². The molecule has 3 aromatic rings. The van der Waals surface area contributed by atoms with Gasteiger partial charge in [-0.1, -0.05) is 18.3 Å². The van der Waals surface area contributed by atoms with Crippen molar-refractivity contribution in [2.24, 2.45) is 0 Å². The molecule has 0 spiro atoms.